The molecule has 1 aliphatic carbocycles. The Hall–Kier alpha value is -2.95. The van der Waals surface area contributed by atoms with Crippen LogP contribution < -0.4 is 0 Å². The molecule has 2 aromatic rings. The lowest BCUT2D eigenvalue weighted by molar-refractivity contribution is -0.169. The highest BCUT2D eigenvalue weighted by Gasteiger charge is 2.39. The number of hydroxylamine groups is 2. The Morgan fingerprint density at radius 1 is 1.04 bits per heavy atom. The van der Waals surface area contributed by atoms with Crippen molar-refractivity contribution in [2.45, 2.75) is 44.4 Å². The lowest BCUT2D eigenvalue weighted by Crippen LogP contribution is -2.34. The van der Waals surface area contributed by atoms with Crippen LogP contribution in [0.1, 0.15) is 70.9 Å². The summed E-state index contributed by atoms with van der Waals surface area (Å²) in [6.45, 7) is 4.42. The third-order valence-electron chi connectivity index (χ3n) is 5.61. The van der Waals surface area contributed by atoms with Gasteiger partial charge in [0, 0.05) is 0 Å². The second-order valence-electron chi connectivity index (χ2n) is 7.82. The minimum Gasteiger partial charge on any atom is -0.330 e. The van der Waals surface area contributed by atoms with E-state index in [4.69, 9.17) is 4.84 Å². The van der Waals surface area contributed by atoms with Crippen LogP contribution in [0.5, 0.6) is 0 Å². The van der Waals surface area contributed by atoms with Crippen molar-refractivity contribution in [3.8, 4) is 0 Å². The van der Waals surface area contributed by atoms with Crippen molar-refractivity contribution < 1.29 is 19.2 Å². The van der Waals surface area contributed by atoms with E-state index in [0.29, 0.717) is 5.06 Å². The smallest absolute Gasteiger partial charge is 0.330 e. The number of amides is 2. The Bertz CT molecular complexity index is 912. The molecule has 0 saturated heterocycles. The molecule has 4 rings (SSSR count). The molecule has 1 unspecified atom stereocenters. The monoisotopic (exact) mass is 363 g/mol. The molecule has 0 fully saturated rings. The van der Waals surface area contributed by atoms with Gasteiger partial charge in [-0.25, -0.2) is 4.79 Å². The van der Waals surface area contributed by atoms with Gasteiger partial charge in [-0.2, -0.15) is 0 Å². The van der Waals surface area contributed by atoms with Crippen LogP contribution in [0.2, 0.25) is 0 Å². The van der Waals surface area contributed by atoms with Crippen molar-refractivity contribution in [3.63, 3.8) is 0 Å². The normalized spacial score (nSPS) is 20.2. The molecule has 138 valence electrons. The number of nitrogens with zero attached hydrogens (tertiary/aromatic N) is 1. The maximum Gasteiger partial charge on any atom is 0.333 e. The zero-order valence-electron chi connectivity index (χ0n) is 15.4. The number of hydrogen-bond acceptors (Lipinski definition) is 4. The van der Waals surface area contributed by atoms with Crippen LogP contribution in [0, 0.1) is 0 Å². The fourth-order valence-electron chi connectivity index (χ4n) is 4.10. The van der Waals surface area contributed by atoms with Gasteiger partial charge in [0.1, 0.15) is 0 Å². The molecule has 0 N–H and O–H groups in total. The topological polar surface area (TPSA) is 63.7 Å². The molecule has 5 heteroatoms. The highest BCUT2D eigenvalue weighted by atomic mass is 16.7. The third-order valence-corrected chi connectivity index (χ3v) is 5.61. The van der Waals surface area contributed by atoms with Crippen molar-refractivity contribution in [2.24, 2.45) is 0 Å². The Morgan fingerprint density at radius 2 is 1.63 bits per heavy atom. The Morgan fingerprint density at radius 3 is 2.30 bits per heavy atom. The SMILES string of the molecule is CC1(C)CCC(CC(=O)ON2C(=O)c3ccccc3C2=O)c2ccccc21. The van der Waals surface area contributed by atoms with E-state index >= 15 is 0 Å². The van der Waals surface area contributed by atoms with E-state index in [1.165, 1.54) is 5.56 Å². The highest BCUT2D eigenvalue weighted by molar-refractivity contribution is 6.20. The van der Waals surface area contributed by atoms with E-state index in [1.54, 1.807) is 24.3 Å². The van der Waals surface area contributed by atoms with Crippen molar-refractivity contribution >= 4 is 17.8 Å². The quantitative estimate of drug-likeness (QED) is 0.774. The van der Waals surface area contributed by atoms with E-state index in [2.05, 4.69) is 26.0 Å². The van der Waals surface area contributed by atoms with Gasteiger partial charge in [0.2, 0.25) is 0 Å². The lowest BCUT2D eigenvalue weighted by atomic mass is 9.68. The molecule has 27 heavy (non-hydrogen) atoms. The predicted octanol–water partition coefficient (Wildman–Crippen LogP) is 3.99. The molecule has 2 aliphatic rings. The molecule has 0 spiro atoms. The van der Waals surface area contributed by atoms with Gasteiger partial charge < -0.3 is 4.84 Å². The zero-order valence-corrected chi connectivity index (χ0v) is 15.4. The minimum atomic E-state index is -0.589. The molecule has 5 nitrogen and oxygen atoms in total. The molecule has 2 amide bonds. The summed E-state index contributed by atoms with van der Waals surface area (Å²) in [5.74, 6) is -1.72. The summed E-state index contributed by atoms with van der Waals surface area (Å²) in [6, 6.07) is 14.6. The first kappa shape index (κ1) is 17.5. The zero-order chi connectivity index (χ0) is 19.2. The van der Waals surface area contributed by atoms with Crippen molar-refractivity contribution in [3.05, 3.63) is 70.8 Å². The van der Waals surface area contributed by atoms with Crippen LogP contribution in [0.3, 0.4) is 0 Å². The summed E-state index contributed by atoms with van der Waals surface area (Å²) >= 11 is 0. The van der Waals surface area contributed by atoms with Gasteiger partial charge in [-0.3, -0.25) is 9.59 Å². The molecule has 0 bridgehead atoms. The average molecular weight is 363 g/mol. The number of hydrogen-bond donors (Lipinski definition) is 0. The van der Waals surface area contributed by atoms with Crippen molar-refractivity contribution in [1.29, 1.82) is 0 Å². The molecule has 0 radical (unpaired) electrons. The number of imide groups is 1. The van der Waals surface area contributed by atoms with E-state index in [9.17, 15) is 14.4 Å². The van der Waals surface area contributed by atoms with Gasteiger partial charge in [0.25, 0.3) is 11.8 Å². The van der Waals surface area contributed by atoms with E-state index < -0.39 is 17.8 Å². The summed E-state index contributed by atoms with van der Waals surface area (Å²) in [5, 5.41) is 0.589. The van der Waals surface area contributed by atoms with Crippen LogP contribution in [-0.2, 0) is 15.0 Å². The average Bonchev–Trinajstić information content (AvgIpc) is 2.90. The summed E-state index contributed by atoms with van der Waals surface area (Å²) in [4.78, 5) is 42.4. The molecular formula is C22H21NO4. The van der Waals surface area contributed by atoms with E-state index in [1.807, 2.05) is 12.1 Å². The van der Waals surface area contributed by atoms with Crippen LogP contribution >= 0.6 is 0 Å². The first-order valence-corrected chi connectivity index (χ1v) is 9.16. The Labute approximate surface area is 157 Å². The molecule has 2 aromatic carbocycles. The number of benzene rings is 2. The fraction of sp³-hybridized carbons (Fsp3) is 0.318. The van der Waals surface area contributed by atoms with Gasteiger partial charge >= 0.3 is 5.97 Å². The minimum absolute atomic E-state index is 0.0249. The van der Waals surface area contributed by atoms with Crippen molar-refractivity contribution in [1.82, 2.24) is 5.06 Å². The fourth-order valence-corrected chi connectivity index (χ4v) is 4.10. The highest BCUT2D eigenvalue weighted by Crippen LogP contribution is 2.43. The molecule has 1 atom stereocenters. The summed E-state index contributed by atoms with van der Waals surface area (Å²) in [6.07, 6.45) is 1.97. The number of carbonyl (C=O) groups excluding carboxylic acids is 3. The number of fused-ring (bicyclic) bond motifs is 2. The molecule has 0 aromatic heterocycles. The standard InChI is InChI=1S/C22H21NO4/c1-22(2)12-11-14(15-7-5-6-10-18(15)22)13-19(24)27-23-20(25)16-8-3-4-9-17(16)21(23)26/h3-10,14H,11-13H2,1-2H3. The molecular weight excluding hydrogens is 342 g/mol. The molecule has 0 saturated carbocycles. The predicted molar refractivity (Wildman–Crippen MR) is 99.1 cm³/mol. The van der Waals surface area contributed by atoms with E-state index in [0.717, 1.165) is 18.4 Å². The Balaban J connectivity index is 1.50. The van der Waals surface area contributed by atoms with Crippen LogP contribution in [0.4, 0.5) is 0 Å². The first-order valence-electron chi connectivity index (χ1n) is 9.16. The van der Waals surface area contributed by atoms with Crippen molar-refractivity contribution in [2.75, 3.05) is 0 Å². The van der Waals surface area contributed by atoms with Crippen LogP contribution in [0.15, 0.2) is 48.5 Å². The second kappa shape index (κ2) is 6.34. The third kappa shape index (κ3) is 2.93. The first-order chi connectivity index (χ1) is 12.9. The van der Waals surface area contributed by atoms with E-state index in [-0.39, 0.29) is 28.9 Å². The summed E-state index contributed by atoms with van der Waals surface area (Å²) in [7, 11) is 0. The second-order valence-corrected chi connectivity index (χ2v) is 7.82. The number of carbonyl (C=O) groups is 3. The van der Waals surface area contributed by atoms with Gasteiger partial charge in [-0.1, -0.05) is 55.3 Å². The van der Waals surface area contributed by atoms with Gasteiger partial charge in [-0.05, 0) is 47.4 Å². The Kier molecular flexibility index (Phi) is 4.10. The molecule has 1 aliphatic heterocycles. The van der Waals surface area contributed by atoms with Gasteiger partial charge in [-0.15, -0.1) is 0 Å². The van der Waals surface area contributed by atoms with Gasteiger partial charge in [0.05, 0.1) is 17.5 Å². The maximum absolute atomic E-state index is 12.5. The maximum atomic E-state index is 12.5. The van der Waals surface area contributed by atoms with Crippen LogP contribution in [0.25, 0.3) is 0 Å². The summed E-state index contributed by atoms with van der Waals surface area (Å²) < 4.78 is 0. The number of rotatable bonds is 3. The summed E-state index contributed by atoms with van der Waals surface area (Å²) in [5.41, 5.74) is 2.99. The molecule has 1 heterocycles. The lowest BCUT2D eigenvalue weighted by Gasteiger charge is -2.36. The van der Waals surface area contributed by atoms with Gasteiger partial charge in [0.15, 0.2) is 0 Å². The largest absolute Gasteiger partial charge is 0.333 e. The van der Waals surface area contributed by atoms with Crippen LogP contribution in [-0.4, -0.2) is 22.8 Å².